The second-order valence-electron chi connectivity index (χ2n) is 8.24. The maximum absolute atomic E-state index is 13.0. The first-order valence-electron chi connectivity index (χ1n) is 10.9. The zero-order chi connectivity index (χ0) is 23.0. The zero-order valence-corrected chi connectivity index (χ0v) is 19.6. The molecule has 0 bridgehead atoms. The van der Waals surface area contributed by atoms with Crippen LogP contribution in [0.2, 0.25) is 5.02 Å². The van der Waals surface area contributed by atoms with E-state index in [-0.39, 0.29) is 10.8 Å². The number of piperazine rings is 1. The Morgan fingerprint density at radius 3 is 2.48 bits per heavy atom. The van der Waals surface area contributed by atoms with Crippen molar-refractivity contribution in [2.75, 3.05) is 57.4 Å². The molecule has 0 N–H and O–H groups in total. The molecule has 5 rings (SSSR count). The number of morpholine rings is 1. The van der Waals surface area contributed by atoms with Crippen LogP contribution in [-0.2, 0) is 26.0 Å². The lowest BCUT2D eigenvalue weighted by molar-refractivity contribution is -0.138. The minimum atomic E-state index is -3.57. The molecule has 2 saturated heterocycles. The summed E-state index contributed by atoms with van der Waals surface area (Å²) in [6.07, 6.45) is 1.41. The largest absolute Gasteiger partial charge is 0.480 e. The average molecular weight is 493 g/mol. The zero-order valence-electron chi connectivity index (χ0n) is 18.0. The van der Waals surface area contributed by atoms with Crippen LogP contribution in [0.3, 0.4) is 0 Å². The minimum Gasteiger partial charge on any atom is -0.480 e. The molecule has 1 amide bonds. The van der Waals surface area contributed by atoms with Crippen LogP contribution < -0.4 is 9.64 Å². The molecule has 0 aliphatic carbocycles. The molecule has 3 aliphatic heterocycles. The number of carbonyl (C=O) groups excluding carboxylic acids is 1. The number of anilines is 1. The monoisotopic (exact) mass is 492 g/mol. The summed E-state index contributed by atoms with van der Waals surface area (Å²) < 4.78 is 38.0. The molecule has 1 aromatic carbocycles. The summed E-state index contributed by atoms with van der Waals surface area (Å²) in [6.45, 7) is 3.82. The topological polar surface area (TPSA) is 92.3 Å². The summed E-state index contributed by atoms with van der Waals surface area (Å²) in [5.74, 6) is 1.39. The Balaban J connectivity index is 1.18. The van der Waals surface area contributed by atoms with Crippen LogP contribution in [0.4, 0.5) is 5.82 Å². The highest BCUT2D eigenvalue weighted by molar-refractivity contribution is 7.89. The number of aromatic nitrogens is 1. The number of nitrogens with zero attached hydrogens (tertiary/aromatic N) is 4. The summed E-state index contributed by atoms with van der Waals surface area (Å²) in [4.78, 5) is 21.4. The number of hydrogen-bond acceptors (Lipinski definition) is 7. The number of amides is 1. The van der Waals surface area contributed by atoms with Crippen molar-refractivity contribution in [2.24, 2.45) is 0 Å². The second kappa shape index (κ2) is 9.09. The van der Waals surface area contributed by atoms with Gasteiger partial charge in [-0.1, -0.05) is 11.6 Å². The third-order valence-electron chi connectivity index (χ3n) is 6.22. The van der Waals surface area contributed by atoms with Crippen molar-refractivity contribution in [3.63, 3.8) is 0 Å². The molecular weight excluding hydrogens is 468 g/mol. The van der Waals surface area contributed by atoms with Crippen LogP contribution in [0, 0.1) is 0 Å². The van der Waals surface area contributed by atoms with Crippen LogP contribution in [0.25, 0.3) is 0 Å². The minimum absolute atomic E-state index is 0.0260. The molecule has 11 heteroatoms. The highest BCUT2D eigenvalue weighted by atomic mass is 35.5. The number of pyridine rings is 1. The molecule has 2 aromatic rings. The number of carbonyl (C=O) groups is 1. The predicted molar refractivity (Wildman–Crippen MR) is 122 cm³/mol. The lowest BCUT2D eigenvalue weighted by Gasteiger charge is -2.36. The molecule has 2 fully saturated rings. The van der Waals surface area contributed by atoms with Gasteiger partial charge in [-0.25, -0.2) is 13.4 Å². The summed E-state index contributed by atoms with van der Waals surface area (Å²) in [6, 6.07) is 8.73. The van der Waals surface area contributed by atoms with Crippen LogP contribution >= 0.6 is 11.6 Å². The second-order valence-corrected chi connectivity index (χ2v) is 10.6. The predicted octanol–water partition coefficient (Wildman–Crippen LogP) is 1.41. The van der Waals surface area contributed by atoms with Crippen LogP contribution in [0.5, 0.6) is 5.75 Å². The summed E-state index contributed by atoms with van der Waals surface area (Å²) in [7, 11) is -3.57. The molecule has 0 spiro atoms. The van der Waals surface area contributed by atoms with Crippen LogP contribution in [-0.4, -0.2) is 87.1 Å². The summed E-state index contributed by atoms with van der Waals surface area (Å²) >= 11 is 6.04. The van der Waals surface area contributed by atoms with Crippen molar-refractivity contribution in [1.29, 1.82) is 0 Å². The average Bonchev–Trinajstić information content (AvgIpc) is 3.27. The molecule has 0 radical (unpaired) electrons. The van der Waals surface area contributed by atoms with Crippen molar-refractivity contribution in [3.8, 4) is 5.75 Å². The standard InChI is InChI=1S/C22H25ClN4O5S/c23-17-1-3-19-16(13-17)14-20(32-19)22(28)26-7-5-25(6-8-26)21-4-2-18(15-24-21)33(29,30)27-9-11-31-12-10-27/h1-4,13,15,20H,5-12,14H2. The Morgan fingerprint density at radius 1 is 1.03 bits per heavy atom. The van der Waals surface area contributed by atoms with Gasteiger partial charge in [0.2, 0.25) is 10.0 Å². The third kappa shape index (κ3) is 4.52. The first-order valence-corrected chi connectivity index (χ1v) is 12.8. The van der Waals surface area contributed by atoms with Crippen molar-refractivity contribution in [2.45, 2.75) is 17.4 Å². The van der Waals surface area contributed by atoms with Gasteiger partial charge in [0.25, 0.3) is 5.91 Å². The summed E-state index contributed by atoms with van der Waals surface area (Å²) in [5, 5.41) is 0.635. The van der Waals surface area contributed by atoms with E-state index in [9.17, 15) is 13.2 Å². The van der Waals surface area contributed by atoms with Crippen molar-refractivity contribution in [3.05, 3.63) is 47.1 Å². The Hall–Kier alpha value is -2.40. The van der Waals surface area contributed by atoms with Gasteiger partial charge in [0.1, 0.15) is 16.5 Å². The number of hydrogen-bond donors (Lipinski definition) is 0. The lowest BCUT2D eigenvalue weighted by Crippen LogP contribution is -2.52. The van der Waals surface area contributed by atoms with Gasteiger partial charge in [-0.05, 0) is 35.9 Å². The quantitative estimate of drug-likeness (QED) is 0.637. The van der Waals surface area contributed by atoms with Crippen LogP contribution in [0.1, 0.15) is 5.56 Å². The van der Waals surface area contributed by atoms with Crippen molar-refractivity contribution in [1.82, 2.24) is 14.2 Å². The summed E-state index contributed by atoms with van der Waals surface area (Å²) in [5.41, 5.74) is 0.954. The SMILES string of the molecule is O=C(C1Cc2cc(Cl)ccc2O1)N1CCN(c2ccc(S(=O)(=O)N3CCOCC3)cn2)CC1. The van der Waals surface area contributed by atoms with E-state index in [1.54, 1.807) is 24.3 Å². The van der Waals surface area contributed by atoms with Crippen molar-refractivity contribution < 1.29 is 22.7 Å². The number of ether oxygens (including phenoxy) is 2. The van der Waals surface area contributed by atoms with Gasteiger partial charge in [-0.15, -0.1) is 0 Å². The van der Waals surface area contributed by atoms with E-state index < -0.39 is 16.1 Å². The Bertz CT molecular complexity index is 1130. The normalized spacial score (nSPS) is 21.5. The molecule has 9 nitrogen and oxygen atoms in total. The first kappa shape index (κ1) is 22.4. The number of benzene rings is 1. The molecule has 33 heavy (non-hydrogen) atoms. The molecule has 0 saturated carbocycles. The molecule has 3 aliphatic rings. The van der Waals surface area contributed by atoms with Gasteiger partial charge in [0, 0.05) is 56.9 Å². The fraction of sp³-hybridized carbons (Fsp3) is 0.455. The smallest absolute Gasteiger partial charge is 0.264 e. The molecule has 1 unspecified atom stereocenters. The van der Waals surface area contributed by atoms with E-state index in [1.165, 1.54) is 10.5 Å². The highest BCUT2D eigenvalue weighted by Crippen LogP contribution is 2.32. The molecule has 4 heterocycles. The highest BCUT2D eigenvalue weighted by Gasteiger charge is 2.34. The number of rotatable bonds is 4. The molecule has 176 valence electrons. The van der Waals surface area contributed by atoms with E-state index in [1.807, 2.05) is 11.0 Å². The Kier molecular flexibility index (Phi) is 6.17. The third-order valence-corrected chi connectivity index (χ3v) is 8.33. The van der Waals surface area contributed by atoms with Gasteiger partial charge < -0.3 is 19.3 Å². The molecule has 1 atom stereocenters. The Labute approximate surface area is 197 Å². The lowest BCUT2D eigenvalue weighted by atomic mass is 10.1. The Morgan fingerprint density at radius 2 is 1.79 bits per heavy atom. The number of sulfonamides is 1. The van der Waals surface area contributed by atoms with E-state index in [0.717, 1.165) is 5.56 Å². The van der Waals surface area contributed by atoms with E-state index in [2.05, 4.69) is 9.88 Å². The van der Waals surface area contributed by atoms with E-state index >= 15 is 0 Å². The fourth-order valence-corrected chi connectivity index (χ4v) is 5.91. The van der Waals surface area contributed by atoms with Gasteiger partial charge in [0.05, 0.1) is 13.2 Å². The van der Waals surface area contributed by atoms with E-state index in [0.29, 0.717) is 75.5 Å². The number of halogens is 1. The molecule has 1 aromatic heterocycles. The van der Waals surface area contributed by atoms with Gasteiger partial charge in [-0.2, -0.15) is 4.31 Å². The van der Waals surface area contributed by atoms with Gasteiger partial charge >= 0.3 is 0 Å². The maximum Gasteiger partial charge on any atom is 0.264 e. The fourth-order valence-electron chi connectivity index (χ4n) is 4.36. The number of fused-ring (bicyclic) bond motifs is 1. The maximum atomic E-state index is 13.0. The first-order chi connectivity index (χ1) is 15.9. The van der Waals surface area contributed by atoms with Crippen molar-refractivity contribution >= 4 is 33.3 Å². The molecular formula is C22H25ClN4O5S. The van der Waals surface area contributed by atoms with Gasteiger partial charge in [-0.3, -0.25) is 4.79 Å². The van der Waals surface area contributed by atoms with E-state index in [4.69, 9.17) is 21.1 Å². The van der Waals surface area contributed by atoms with Crippen LogP contribution in [0.15, 0.2) is 41.4 Å². The van der Waals surface area contributed by atoms with Gasteiger partial charge in [0.15, 0.2) is 6.10 Å².